The van der Waals surface area contributed by atoms with Crippen LogP contribution in [-0.4, -0.2) is 46.1 Å². The first-order valence-corrected chi connectivity index (χ1v) is 5.71. The van der Waals surface area contributed by atoms with Gasteiger partial charge in [0.2, 0.25) is 5.91 Å². The summed E-state index contributed by atoms with van der Waals surface area (Å²) in [5.74, 6) is -0.268. The maximum absolute atomic E-state index is 11.9. The Labute approximate surface area is 106 Å². The first-order chi connectivity index (χ1) is 8.38. The van der Waals surface area contributed by atoms with Gasteiger partial charge in [0.25, 0.3) is 5.91 Å². The van der Waals surface area contributed by atoms with Crippen LogP contribution in [0.1, 0.15) is 24.2 Å². The number of rotatable bonds is 4. The molecule has 0 aliphatic carbocycles. The molecule has 3 N–H and O–H groups in total. The van der Waals surface area contributed by atoms with Gasteiger partial charge in [-0.25, -0.2) is 0 Å². The lowest BCUT2D eigenvalue weighted by Gasteiger charge is -2.20. The summed E-state index contributed by atoms with van der Waals surface area (Å²) < 4.78 is 1.40. The van der Waals surface area contributed by atoms with E-state index in [9.17, 15) is 9.59 Å². The first kappa shape index (κ1) is 14.0. The summed E-state index contributed by atoms with van der Waals surface area (Å²) in [5.41, 5.74) is 5.96. The summed E-state index contributed by atoms with van der Waals surface area (Å²) in [5, 5.41) is 6.48. The molecule has 1 atom stereocenters. The Bertz CT molecular complexity index is 454. The number of aryl methyl sites for hydroxylation is 1. The van der Waals surface area contributed by atoms with E-state index in [0.29, 0.717) is 6.54 Å². The second-order valence-corrected chi connectivity index (χ2v) is 4.11. The number of carbonyl (C=O) groups is 2. The molecule has 7 nitrogen and oxygen atoms in total. The predicted octanol–water partition coefficient (Wildman–Crippen LogP) is -0.401. The number of anilines is 1. The van der Waals surface area contributed by atoms with Gasteiger partial charge >= 0.3 is 0 Å². The van der Waals surface area contributed by atoms with Crippen molar-refractivity contribution in [2.24, 2.45) is 7.05 Å². The van der Waals surface area contributed by atoms with E-state index < -0.39 is 11.9 Å². The largest absolute Gasteiger partial charge is 0.383 e. The van der Waals surface area contributed by atoms with Crippen molar-refractivity contribution < 1.29 is 9.59 Å². The quantitative estimate of drug-likeness (QED) is 0.763. The first-order valence-electron chi connectivity index (χ1n) is 5.71. The minimum absolute atomic E-state index is 0.145. The molecule has 18 heavy (non-hydrogen) atoms. The molecule has 0 aliphatic rings. The molecule has 0 spiro atoms. The van der Waals surface area contributed by atoms with Crippen molar-refractivity contribution in [2.45, 2.75) is 19.9 Å². The summed E-state index contributed by atoms with van der Waals surface area (Å²) in [6, 6.07) is -0.595. The molecule has 100 valence electrons. The molecule has 1 aromatic heterocycles. The van der Waals surface area contributed by atoms with Crippen LogP contribution in [0.2, 0.25) is 0 Å². The zero-order valence-corrected chi connectivity index (χ0v) is 11.1. The van der Waals surface area contributed by atoms with Gasteiger partial charge < -0.3 is 16.0 Å². The van der Waals surface area contributed by atoms with Crippen LogP contribution >= 0.6 is 0 Å². The van der Waals surface area contributed by atoms with Crippen LogP contribution in [0, 0.1) is 0 Å². The molecule has 7 heteroatoms. The summed E-state index contributed by atoms with van der Waals surface area (Å²) in [4.78, 5) is 25.2. The monoisotopic (exact) mass is 253 g/mol. The van der Waals surface area contributed by atoms with Gasteiger partial charge in [-0.1, -0.05) is 0 Å². The lowest BCUT2D eigenvalue weighted by atomic mass is 10.2. The fraction of sp³-hybridized carbons (Fsp3) is 0.545. The van der Waals surface area contributed by atoms with E-state index in [0.717, 1.165) is 0 Å². The third-order valence-electron chi connectivity index (χ3n) is 2.80. The van der Waals surface area contributed by atoms with Gasteiger partial charge in [0.05, 0.1) is 6.20 Å². The van der Waals surface area contributed by atoms with E-state index in [1.807, 2.05) is 6.92 Å². The number of amides is 2. The molecule has 0 aliphatic heterocycles. The van der Waals surface area contributed by atoms with Gasteiger partial charge in [-0.15, -0.1) is 0 Å². The van der Waals surface area contributed by atoms with Gasteiger partial charge in [-0.3, -0.25) is 14.3 Å². The normalized spacial score (nSPS) is 12.0. The molecule has 1 rings (SSSR count). The number of hydrogen-bond donors (Lipinski definition) is 2. The Kier molecular flexibility index (Phi) is 4.30. The van der Waals surface area contributed by atoms with E-state index in [4.69, 9.17) is 5.73 Å². The van der Waals surface area contributed by atoms with E-state index in [2.05, 4.69) is 10.4 Å². The minimum Gasteiger partial charge on any atom is -0.383 e. The predicted molar refractivity (Wildman–Crippen MR) is 67.9 cm³/mol. The van der Waals surface area contributed by atoms with E-state index in [1.54, 1.807) is 21.0 Å². The molecular weight excluding hydrogens is 234 g/mol. The molecule has 0 aromatic carbocycles. The Balaban J connectivity index is 2.71. The Morgan fingerprint density at radius 2 is 2.22 bits per heavy atom. The van der Waals surface area contributed by atoms with Gasteiger partial charge in [-0.05, 0) is 13.8 Å². The van der Waals surface area contributed by atoms with Gasteiger partial charge in [-0.2, -0.15) is 5.10 Å². The van der Waals surface area contributed by atoms with E-state index in [1.165, 1.54) is 15.8 Å². The van der Waals surface area contributed by atoms with Gasteiger partial charge in [0.1, 0.15) is 17.4 Å². The van der Waals surface area contributed by atoms with Crippen molar-refractivity contribution >= 4 is 17.6 Å². The maximum Gasteiger partial charge on any atom is 0.257 e. The van der Waals surface area contributed by atoms with Crippen LogP contribution in [0.25, 0.3) is 0 Å². The summed E-state index contributed by atoms with van der Waals surface area (Å²) in [7, 11) is 3.33. The van der Waals surface area contributed by atoms with Crippen molar-refractivity contribution in [2.75, 3.05) is 19.3 Å². The SMILES string of the molecule is CCN(C)C(=O)C(C)NC(=O)c1cnn(C)c1N. The number of likely N-dealkylation sites (N-methyl/N-ethyl adjacent to an activating group) is 1. The minimum atomic E-state index is -0.595. The van der Waals surface area contributed by atoms with Crippen molar-refractivity contribution in [3.8, 4) is 0 Å². The number of nitrogens with zero attached hydrogens (tertiary/aromatic N) is 3. The molecule has 0 radical (unpaired) electrons. The topological polar surface area (TPSA) is 93.2 Å². The molecule has 2 amide bonds. The second-order valence-electron chi connectivity index (χ2n) is 4.11. The van der Waals surface area contributed by atoms with Gasteiger partial charge in [0, 0.05) is 20.6 Å². The van der Waals surface area contributed by atoms with Crippen LogP contribution in [0.15, 0.2) is 6.20 Å². The van der Waals surface area contributed by atoms with Crippen LogP contribution in [0.3, 0.4) is 0 Å². The van der Waals surface area contributed by atoms with Crippen molar-refractivity contribution in [1.29, 1.82) is 0 Å². The highest BCUT2D eigenvalue weighted by Gasteiger charge is 2.21. The molecule has 0 saturated heterocycles. The molecule has 1 heterocycles. The molecule has 1 unspecified atom stereocenters. The average molecular weight is 253 g/mol. The summed E-state index contributed by atoms with van der Waals surface area (Å²) in [6.45, 7) is 4.10. The van der Waals surface area contributed by atoms with Crippen LogP contribution in [0.4, 0.5) is 5.82 Å². The number of nitrogen functional groups attached to an aromatic ring is 1. The Morgan fingerprint density at radius 3 is 2.67 bits per heavy atom. The zero-order chi connectivity index (χ0) is 13.9. The molecule has 0 saturated carbocycles. The lowest BCUT2D eigenvalue weighted by Crippen LogP contribution is -2.45. The molecule has 0 fully saturated rings. The highest BCUT2D eigenvalue weighted by atomic mass is 16.2. The lowest BCUT2D eigenvalue weighted by molar-refractivity contribution is -0.131. The van der Waals surface area contributed by atoms with Crippen LogP contribution < -0.4 is 11.1 Å². The number of nitrogens with one attached hydrogen (secondary N) is 1. The highest BCUT2D eigenvalue weighted by Crippen LogP contribution is 2.09. The van der Waals surface area contributed by atoms with Crippen molar-refractivity contribution in [3.63, 3.8) is 0 Å². The van der Waals surface area contributed by atoms with Crippen LogP contribution in [0.5, 0.6) is 0 Å². The van der Waals surface area contributed by atoms with Crippen LogP contribution in [-0.2, 0) is 11.8 Å². The maximum atomic E-state index is 11.9. The number of hydrogen-bond acceptors (Lipinski definition) is 4. The Morgan fingerprint density at radius 1 is 1.61 bits per heavy atom. The summed E-state index contributed by atoms with van der Waals surface area (Å²) in [6.07, 6.45) is 1.38. The fourth-order valence-electron chi connectivity index (χ4n) is 1.44. The fourth-order valence-corrected chi connectivity index (χ4v) is 1.44. The summed E-state index contributed by atoms with van der Waals surface area (Å²) >= 11 is 0. The van der Waals surface area contributed by atoms with E-state index in [-0.39, 0.29) is 17.3 Å². The molecule has 1 aromatic rings. The van der Waals surface area contributed by atoms with Crippen molar-refractivity contribution in [1.82, 2.24) is 20.0 Å². The number of carbonyl (C=O) groups excluding carboxylic acids is 2. The zero-order valence-electron chi connectivity index (χ0n) is 11.1. The second kappa shape index (κ2) is 5.52. The van der Waals surface area contributed by atoms with Crippen molar-refractivity contribution in [3.05, 3.63) is 11.8 Å². The molecule has 0 bridgehead atoms. The third kappa shape index (κ3) is 2.79. The highest BCUT2D eigenvalue weighted by molar-refractivity contribution is 6.00. The van der Waals surface area contributed by atoms with E-state index >= 15 is 0 Å². The Hall–Kier alpha value is -2.05. The smallest absolute Gasteiger partial charge is 0.257 e. The number of aromatic nitrogens is 2. The number of nitrogens with two attached hydrogens (primary N) is 1. The van der Waals surface area contributed by atoms with Gasteiger partial charge in [0.15, 0.2) is 0 Å². The standard InChI is InChI=1S/C11H19N5O2/c1-5-15(3)11(18)7(2)14-10(17)8-6-13-16(4)9(8)12/h6-7H,5,12H2,1-4H3,(H,14,17). The third-order valence-corrected chi connectivity index (χ3v) is 2.80. The molecular formula is C11H19N5O2. The average Bonchev–Trinajstić information content (AvgIpc) is 2.68.